The minimum absolute atomic E-state index is 0.0149. The fourth-order valence-corrected chi connectivity index (χ4v) is 5.34. The second-order valence-electron chi connectivity index (χ2n) is 7.02. The third-order valence-electron chi connectivity index (χ3n) is 5.24. The molecule has 1 aromatic carbocycles. The Kier molecular flexibility index (Phi) is 5.43. The number of pyridine rings is 1. The molecule has 1 fully saturated rings. The quantitative estimate of drug-likeness (QED) is 0.585. The average Bonchev–Trinajstić information content (AvgIpc) is 3.29. The summed E-state index contributed by atoms with van der Waals surface area (Å²) in [6.45, 7) is 0.760. The summed E-state index contributed by atoms with van der Waals surface area (Å²) < 4.78 is 62.2. The van der Waals surface area contributed by atoms with Crippen molar-refractivity contribution >= 4 is 21.2 Å². The predicted molar refractivity (Wildman–Crippen MR) is 105 cm³/mol. The highest BCUT2D eigenvalue weighted by Crippen LogP contribution is 2.29. The molecule has 0 spiro atoms. The van der Waals surface area contributed by atoms with Gasteiger partial charge in [-0.1, -0.05) is 0 Å². The molecule has 1 aliphatic rings. The normalized spacial score (nSPS) is 17.8. The Morgan fingerprint density at radius 3 is 2.80 bits per heavy atom. The molecule has 0 saturated carbocycles. The molecule has 3 aromatic rings. The number of hydrogen-bond donors (Lipinski definition) is 0. The SMILES string of the molecule is COCCn1c(=O)n([C@@H]2CCN(S(=O)(=O)c3ccc(F)cc3F)C2)c2ncccc21. The van der Waals surface area contributed by atoms with Gasteiger partial charge < -0.3 is 4.74 Å². The first-order valence-corrected chi connectivity index (χ1v) is 10.8. The molecule has 30 heavy (non-hydrogen) atoms. The van der Waals surface area contributed by atoms with Crippen LogP contribution in [0.25, 0.3) is 11.2 Å². The maximum atomic E-state index is 14.1. The number of rotatable bonds is 6. The van der Waals surface area contributed by atoms with Crippen molar-refractivity contribution in [2.45, 2.75) is 23.9 Å². The van der Waals surface area contributed by atoms with Crippen LogP contribution in [-0.4, -0.2) is 53.6 Å². The summed E-state index contributed by atoms with van der Waals surface area (Å²) in [6, 6.07) is 5.39. The Bertz CT molecular complexity index is 1260. The van der Waals surface area contributed by atoms with E-state index >= 15 is 0 Å². The van der Waals surface area contributed by atoms with Gasteiger partial charge in [0.05, 0.1) is 24.7 Å². The molecule has 3 heterocycles. The van der Waals surface area contributed by atoms with E-state index in [0.29, 0.717) is 36.8 Å². The Morgan fingerprint density at radius 1 is 1.27 bits per heavy atom. The van der Waals surface area contributed by atoms with E-state index in [4.69, 9.17) is 4.74 Å². The summed E-state index contributed by atoms with van der Waals surface area (Å²) in [5.41, 5.74) is 0.777. The number of nitrogens with zero attached hydrogens (tertiary/aromatic N) is 4. The van der Waals surface area contributed by atoms with Crippen LogP contribution in [0.3, 0.4) is 0 Å². The number of fused-ring (bicyclic) bond motifs is 1. The van der Waals surface area contributed by atoms with Crippen LogP contribution in [-0.2, 0) is 21.3 Å². The highest BCUT2D eigenvalue weighted by atomic mass is 32.2. The first-order chi connectivity index (χ1) is 14.3. The van der Waals surface area contributed by atoms with Crippen LogP contribution in [0.15, 0.2) is 46.2 Å². The summed E-state index contributed by atoms with van der Waals surface area (Å²) in [4.78, 5) is 16.8. The summed E-state index contributed by atoms with van der Waals surface area (Å²) in [6.07, 6.45) is 1.93. The molecule has 1 saturated heterocycles. The Hall–Kier alpha value is -2.63. The third kappa shape index (κ3) is 3.42. The topological polar surface area (TPSA) is 86.4 Å². The number of methoxy groups -OCH3 is 1. The number of halogens is 2. The molecule has 1 atom stereocenters. The first kappa shape index (κ1) is 20.6. The van der Waals surface area contributed by atoms with Gasteiger partial charge in [-0.3, -0.25) is 9.13 Å². The lowest BCUT2D eigenvalue weighted by Gasteiger charge is -2.17. The number of sulfonamides is 1. The van der Waals surface area contributed by atoms with Crippen molar-refractivity contribution in [2.24, 2.45) is 0 Å². The molecule has 11 heteroatoms. The van der Waals surface area contributed by atoms with Crippen LogP contribution in [0, 0.1) is 11.6 Å². The molecule has 0 amide bonds. The monoisotopic (exact) mass is 438 g/mol. The van der Waals surface area contributed by atoms with Crippen LogP contribution in [0.2, 0.25) is 0 Å². The van der Waals surface area contributed by atoms with E-state index in [-0.39, 0.29) is 18.8 Å². The Morgan fingerprint density at radius 2 is 2.07 bits per heavy atom. The summed E-state index contributed by atoms with van der Waals surface area (Å²) in [5.74, 6) is -2.00. The molecule has 2 aromatic heterocycles. The summed E-state index contributed by atoms with van der Waals surface area (Å²) >= 11 is 0. The summed E-state index contributed by atoms with van der Waals surface area (Å²) in [7, 11) is -2.63. The number of imidazole rings is 1. The Balaban J connectivity index is 1.69. The van der Waals surface area contributed by atoms with Gasteiger partial charge >= 0.3 is 5.69 Å². The molecule has 1 aliphatic heterocycles. The number of hydrogen-bond acceptors (Lipinski definition) is 5. The van der Waals surface area contributed by atoms with Crippen molar-refractivity contribution in [3.8, 4) is 0 Å². The predicted octanol–water partition coefficient (Wildman–Crippen LogP) is 1.76. The zero-order valence-electron chi connectivity index (χ0n) is 16.2. The van der Waals surface area contributed by atoms with Crippen molar-refractivity contribution in [3.63, 3.8) is 0 Å². The zero-order chi connectivity index (χ0) is 21.5. The molecule has 160 valence electrons. The van der Waals surface area contributed by atoms with Crippen molar-refractivity contribution in [1.29, 1.82) is 0 Å². The largest absolute Gasteiger partial charge is 0.383 e. The molecule has 4 rings (SSSR count). The van der Waals surface area contributed by atoms with E-state index in [0.717, 1.165) is 16.4 Å². The van der Waals surface area contributed by atoms with Gasteiger partial charge in [-0.05, 0) is 30.7 Å². The zero-order valence-corrected chi connectivity index (χ0v) is 17.0. The van der Waals surface area contributed by atoms with Crippen LogP contribution in [0.1, 0.15) is 12.5 Å². The van der Waals surface area contributed by atoms with E-state index < -0.39 is 32.6 Å². The van der Waals surface area contributed by atoms with Crippen LogP contribution >= 0.6 is 0 Å². The number of benzene rings is 1. The van der Waals surface area contributed by atoms with E-state index in [2.05, 4.69) is 4.98 Å². The second kappa shape index (κ2) is 7.89. The highest BCUT2D eigenvalue weighted by Gasteiger charge is 2.36. The highest BCUT2D eigenvalue weighted by molar-refractivity contribution is 7.89. The van der Waals surface area contributed by atoms with Crippen molar-refractivity contribution < 1.29 is 21.9 Å². The van der Waals surface area contributed by atoms with E-state index in [9.17, 15) is 22.0 Å². The van der Waals surface area contributed by atoms with Gasteiger partial charge in [-0.25, -0.2) is 27.0 Å². The van der Waals surface area contributed by atoms with Gasteiger partial charge in [0, 0.05) is 32.5 Å². The maximum Gasteiger partial charge on any atom is 0.330 e. The van der Waals surface area contributed by atoms with Crippen LogP contribution in [0.4, 0.5) is 8.78 Å². The molecule has 0 radical (unpaired) electrons. The molecular formula is C19H20F2N4O4S. The standard InChI is InChI=1S/C19H20F2N4O4S/c1-29-10-9-24-16-3-2-7-22-18(16)25(19(24)26)14-6-8-23(12-14)30(27,28)17-5-4-13(20)11-15(17)21/h2-5,7,11,14H,6,8-10,12H2,1H3/t14-/m1/s1. The minimum Gasteiger partial charge on any atom is -0.383 e. The first-order valence-electron chi connectivity index (χ1n) is 9.34. The van der Waals surface area contributed by atoms with Gasteiger partial charge in [0.15, 0.2) is 5.65 Å². The molecule has 0 unspecified atom stereocenters. The lowest BCUT2D eigenvalue weighted by atomic mass is 10.2. The van der Waals surface area contributed by atoms with Gasteiger partial charge in [0.1, 0.15) is 16.5 Å². The molecular weight excluding hydrogens is 418 g/mol. The van der Waals surface area contributed by atoms with Crippen molar-refractivity contribution in [1.82, 2.24) is 18.4 Å². The van der Waals surface area contributed by atoms with Gasteiger partial charge in [0.2, 0.25) is 10.0 Å². The van der Waals surface area contributed by atoms with Crippen molar-refractivity contribution in [2.75, 3.05) is 26.8 Å². The second-order valence-corrected chi connectivity index (χ2v) is 8.93. The van der Waals surface area contributed by atoms with E-state index in [1.165, 1.54) is 11.7 Å². The van der Waals surface area contributed by atoms with Gasteiger partial charge in [-0.2, -0.15) is 4.31 Å². The minimum atomic E-state index is -4.17. The molecule has 0 aliphatic carbocycles. The van der Waals surface area contributed by atoms with E-state index in [1.54, 1.807) is 22.9 Å². The fraction of sp³-hybridized carbons (Fsp3) is 0.368. The Labute approximate surface area is 171 Å². The average molecular weight is 438 g/mol. The van der Waals surface area contributed by atoms with Crippen LogP contribution < -0.4 is 5.69 Å². The van der Waals surface area contributed by atoms with Crippen LogP contribution in [0.5, 0.6) is 0 Å². The molecule has 0 N–H and O–H groups in total. The van der Waals surface area contributed by atoms with Crippen molar-refractivity contribution in [3.05, 3.63) is 58.6 Å². The lowest BCUT2D eigenvalue weighted by molar-refractivity contribution is 0.187. The fourth-order valence-electron chi connectivity index (χ4n) is 3.80. The smallest absolute Gasteiger partial charge is 0.330 e. The van der Waals surface area contributed by atoms with Gasteiger partial charge in [0.25, 0.3) is 0 Å². The lowest BCUT2D eigenvalue weighted by Crippen LogP contribution is -2.33. The van der Waals surface area contributed by atoms with Gasteiger partial charge in [-0.15, -0.1) is 0 Å². The van der Waals surface area contributed by atoms with E-state index in [1.807, 2.05) is 0 Å². The number of ether oxygens (including phenoxy) is 1. The number of aromatic nitrogens is 3. The molecule has 0 bridgehead atoms. The summed E-state index contributed by atoms with van der Waals surface area (Å²) in [5, 5.41) is 0. The third-order valence-corrected chi connectivity index (χ3v) is 7.14. The molecule has 8 nitrogen and oxygen atoms in total. The maximum absolute atomic E-state index is 14.1.